The zero-order chi connectivity index (χ0) is 14.3. The highest BCUT2D eigenvalue weighted by molar-refractivity contribution is 6.35. The Bertz CT molecular complexity index is 523. The van der Waals surface area contributed by atoms with Crippen LogP contribution in [0.4, 0.5) is 0 Å². The van der Waals surface area contributed by atoms with Crippen LogP contribution in [-0.4, -0.2) is 36.0 Å². The van der Waals surface area contributed by atoms with Gasteiger partial charge >= 0.3 is 0 Å². The Morgan fingerprint density at radius 1 is 1.25 bits per heavy atom. The molecule has 20 heavy (non-hydrogen) atoms. The van der Waals surface area contributed by atoms with Crippen LogP contribution in [0.15, 0.2) is 18.2 Å². The minimum absolute atomic E-state index is 0.0381. The van der Waals surface area contributed by atoms with Gasteiger partial charge in [0.15, 0.2) is 0 Å². The van der Waals surface area contributed by atoms with Gasteiger partial charge in [0, 0.05) is 30.2 Å². The van der Waals surface area contributed by atoms with Gasteiger partial charge in [-0.3, -0.25) is 4.79 Å². The van der Waals surface area contributed by atoms with Gasteiger partial charge in [-0.15, -0.1) is 0 Å². The van der Waals surface area contributed by atoms with Gasteiger partial charge < -0.3 is 10.2 Å². The van der Waals surface area contributed by atoms with Crippen molar-refractivity contribution in [3.63, 3.8) is 0 Å². The van der Waals surface area contributed by atoms with Crippen LogP contribution < -0.4 is 5.32 Å². The Morgan fingerprint density at radius 3 is 2.55 bits per heavy atom. The minimum atomic E-state index is -0.0381. The van der Waals surface area contributed by atoms with Crippen LogP contribution in [0.1, 0.15) is 36.0 Å². The van der Waals surface area contributed by atoms with Crippen molar-refractivity contribution >= 4 is 29.1 Å². The van der Waals surface area contributed by atoms with Crippen LogP contribution in [0.2, 0.25) is 10.0 Å². The highest BCUT2D eigenvalue weighted by Crippen LogP contribution is 2.31. The van der Waals surface area contributed by atoms with E-state index in [0.717, 1.165) is 12.8 Å². The number of carbonyl (C=O) groups excluding carboxylic acids is 1. The third-order valence-corrected chi connectivity index (χ3v) is 5.04. The number of halogens is 2. The lowest BCUT2D eigenvalue weighted by Gasteiger charge is -2.35. The monoisotopic (exact) mass is 312 g/mol. The molecule has 2 heterocycles. The lowest BCUT2D eigenvalue weighted by atomic mass is 9.98. The fourth-order valence-electron chi connectivity index (χ4n) is 3.36. The van der Waals surface area contributed by atoms with E-state index in [2.05, 4.69) is 5.32 Å². The molecule has 1 aromatic rings. The first-order valence-electron chi connectivity index (χ1n) is 7.03. The number of amides is 1. The second-order valence-corrected chi connectivity index (χ2v) is 6.65. The van der Waals surface area contributed by atoms with Crippen LogP contribution in [0, 0.1) is 0 Å². The third-order valence-electron chi connectivity index (χ3n) is 4.48. The van der Waals surface area contributed by atoms with Crippen molar-refractivity contribution in [1.29, 1.82) is 0 Å². The Labute approximate surface area is 129 Å². The van der Waals surface area contributed by atoms with Crippen LogP contribution >= 0.6 is 23.2 Å². The van der Waals surface area contributed by atoms with Crippen LogP contribution in [0.5, 0.6) is 0 Å². The average Bonchev–Trinajstić information content (AvgIpc) is 2.78. The first kappa shape index (κ1) is 14.2. The van der Waals surface area contributed by atoms with Gasteiger partial charge in [0.05, 0.1) is 10.6 Å². The Kier molecular flexibility index (Phi) is 3.93. The largest absolute Gasteiger partial charge is 0.339 e. The summed E-state index contributed by atoms with van der Waals surface area (Å²) < 4.78 is 0. The first-order chi connectivity index (χ1) is 9.54. The Morgan fingerprint density at radius 2 is 1.90 bits per heavy atom. The second kappa shape index (κ2) is 5.55. The number of nitrogens with one attached hydrogen (secondary N) is 1. The molecule has 2 fully saturated rings. The molecular weight excluding hydrogens is 295 g/mol. The molecule has 1 aromatic carbocycles. The highest BCUT2D eigenvalue weighted by Gasteiger charge is 2.36. The van der Waals surface area contributed by atoms with Gasteiger partial charge in [-0.05, 0) is 43.9 Å². The average molecular weight is 313 g/mol. The summed E-state index contributed by atoms with van der Waals surface area (Å²) in [6, 6.07) is 6.44. The molecule has 2 atom stereocenters. The van der Waals surface area contributed by atoms with Crippen molar-refractivity contribution in [2.24, 2.45) is 0 Å². The number of benzene rings is 1. The van der Waals surface area contributed by atoms with Gasteiger partial charge in [0.25, 0.3) is 5.91 Å². The Balaban J connectivity index is 1.78. The fraction of sp³-hybridized carbons (Fsp3) is 0.533. The first-order valence-corrected chi connectivity index (χ1v) is 7.78. The van der Waals surface area contributed by atoms with Gasteiger partial charge in [-0.2, -0.15) is 0 Å². The zero-order valence-corrected chi connectivity index (χ0v) is 12.9. The summed E-state index contributed by atoms with van der Waals surface area (Å²) in [5, 5.41) is 4.59. The molecule has 0 aliphatic carbocycles. The van der Waals surface area contributed by atoms with E-state index in [1.54, 1.807) is 18.2 Å². The standard InChI is InChI=1S/C15H18Cl2N2O/c1-19(12-7-10-3-4-11(8-12)18-10)15(20)13-6-9(16)2-5-14(13)17/h2,5-6,10-12,18H,3-4,7-8H2,1H3. The maximum Gasteiger partial charge on any atom is 0.255 e. The maximum atomic E-state index is 12.6. The van der Waals surface area contributed by atoms with Gasteiger partial charge in [0.1, 0.15) is 0 Å². The summed E-state index contributed by atoms with van der Waals surface area (Å²) in [5.74, 6) is -0.0381. The lowest BCUT2D eigenvalue weighted by molar-refractivity contribution is 0.0682. The Hall–Kier alpha value is -0.770. The van der Waals surface area contributed by atoms with Crippen molar-refractivity contribution in [1.82, 2.24) is 10.2 Å². The smallest absolute Gasteiger partial charge is 0.255 e. The van der Waals surface area contributed by atoms with Crippen molar-refractivity contribution in [3.8, 4) is 0 Å². The minimum Gasteiger partial charge on any atom is -0.339 e. The van der Waals surface area contributed by atoms with E-state index >= 15 is 0 Å². The second-order valence-electron chi connectivity index (χ2n) is 5.80. The van der Waals surface area contributed by atoms with Crippen molar-refractivity contribution in [3.05, 3.63) is 33.8 Å². The third kappa shape index (κ3) is 2.67. The van der Waals surface area contributed by atoms with Gasteiger partial charge in [-0.25, -0.2) is 0 Å². The highest BCUT2D eigenvalue weighted by atomic mass is 35.5. The van der Waals surface area contributed by atoms with E-state index in [0.29, 0.717) is 27.7 Å². The molecule has 3 rings (SSSR count). The van der Waals surface area contributed by atoms with E-state index in [1.807, 2.05) is 11.9 Å². The number of rotatable bonds is 2. The normalized spacial score (nSPS) is 28.4. The van der Waals surface area contributed by atoms with Crippen LogP contribution in [-0.2, 0) is 0 Å². The van der Waals surface area contributed by atoms with Gasteiger partial charge in [-0.1, -0.05) is 23.2 Å². The number of piperidine rings is 1. The van der Waals surface area contributed by atoms with E-state index in [1.165, 1.54) is 12.8 Å². The molecule has 2 saturated heterocycles. The summed E-state index contributed by atoms with van der Waals surface area (Å²) in [6.45, 7) is 0. The zero-order valence-electron chi connectivity index (χ0n) is 11.4. The van der Waals surface area contributed by atoms with Gasteiger partial charge in [0.2, 0.25) is 0 Å². The van der Waals surface area contributed by atoms with E-state index in [9.17, 15) is 4.79 Å². The summed E-state index contributed by atoms with van der Waals surface area (Å²) in [7, 11) is 1.87. The lowest BCUT2D eigenvalue weighted by Crippen LogP contribution is -2.48. The van der Waals surface area contributed by atoms with Crippen molar-refractivity contribution < 1.29 is 4.79 Å². The molecule has 108 valence electrons. The quantitative estimate of drug-likeness (QED) is 0.908. The molecule has 2 unspecified atom stereocenters. The van der Waals surface area contributed by atoms with E-state index in [-0.39, 0.29) is 11.9 Å². The molecule has 1 N–H and O–H groups in total. The molecular formula is C15H18Cl2N2O. The topological polar surface area (TPSA) is 32.3 Å². The summed E-state index contributed by atoms with van der Waals surface area (Å²) >= 11 is 12.1. The molecule has 0 aromatic heterocycles. The van der Waals surface area contributed by atoms with Crippen molar-refractivity contribution in [2.45, 2.75) is 43.8 Å². The molecule has 0 spiro atoms. The number of hydrogen-bond donors (Lipinski definition) is 1. The number of fused-ring (bicyclic) bond motifs is 2. The summed E-state index contributed by atoms with van der Waals surface area (Å²) in [6.07, 6.45) is 4.50. The number of nitrogens with zero attached hydrogens (tertiary/aromatic N) is 1. The molecule has 1 amide bonds. The van der Waals surface area contributed by atoms with Crippen molar-refractivity contribution in [2.75, 3.05) is 7.05 Å². The molecule has 2 aliphatic heterocycles. The molecule has 2 aliphatic rings. The summed E-state index contributed by atoms with van der Waals surface area (Å²) in [4.78, 5) is 14.5. The number of carbonyl (C=O) groups is 1. The molecule has 0 radical (unpaired) electrons. The molecule has 2 bridgehead atoms. The molecule has 5 heteroatoms. The predicted octanol–water partition coefficient (Wildman–Crippen LogP) is 3.35. The predicted molar refractivity (Wildman–Crippen MR) is 81.5 cm³/mol. The van der Waals surface area contributed by atoms with E-state index in [4.69, 9.17) is 23.2 Å². The van der Waals surface area contributed by atoms with Crippen LogP contribution in [0.3, 0.4) is 0 Å². The SMILES string of the molecule is CN(C(=O)c1cc(Cl)ccc1Cl)C1CC2CCC(C1)N2. The summed E-state index contributed by atoms with van der Waals surface area (Å²) in [5.41, 5.74) is 0.493. The van der Waals surface area contributed by atoms with Crippen LogP contribution in [0.25, 0.3) is 0 Å². The maximum absolute atomic E-state index is 12.6. The molecule has 0 saturated carbocycles. The number of hydrogen-bond acceptors (Lipinski definition) is 2. The molecule has 3 nitrogen and oxygen atoms in total. The van der Waals surface area contributed by atoms with E-state index < -0.39 is 0 Å². The fourth-order valence-corrected chi connectivity index (χ4v) is 3.73.